The molecule has 2 aromatic rings. The van der Waals surface area contributed by atoms with Crippen LogP contribution in [0.15, 0.2) is 42.5 Å². The number of aliphatic hydroxyl groups excluding tert-OH is 1. The molecule has 2 amide bonds. The van der Waals surface area contributed by atoms with Gasteiger partial charge in [-0.3, -0.25) is 0 Å². The molecule has 3 rings (SSSR count). The van der Waals surface area contributed by atoms with Gasteiger partial charge in [-0.2, -0.15) is 0 Å². The van der Waals surface area contributed by atoms with Crippen LogP contribution in [0, 0.1) is 0 Å². The molecule has 0 aliphatic carbocycles. The maximum absolute atomic E-state index is 11.7. The van der Waals surface area contributed by atoms with E-state index in [2.05, 4.69) is 22.0 Å². The van der Waals surface area contributed by atoms with Gasteiger partial charge in [0.15, 0.2) is 0 Å². The smallest absolute Gasteiger partial charge is 0.319 e. The van der Waals surface area contributed by atoms with E-state index in [-0.39, 0.29) is 6.03 Å². The second-order valence-corrected chi connectivity index (χ2v) is 10.5. The highest BCUT2D eigenvalue weighted by Gasteiger charge is 2.27. The van der Waals surface area contributed by atoms with E-state index < -0.39 is 11.9 Å². The number of aliphatic hydroxyl groups is 1. The van der Waals surface area contributed by atoms with E-state index in [1.165, 1.54) is 5.56 Å². The summed E-state index contributed by atoms with van der Waals surface area (Å²) in [5, 5.41) is 19.5. The lowest BCUT2D eigenvalue weighted by molar-refractivity contribution is -0.180. The predicted octanol–water partition coefficient (Wildman–Crippen LogP) is 5.70. The second kappa shape index (κ2) is 16.5. The number of nitrogens with one attached hydrogen (secondary N) is 3. The van der Waals surface area contributed by atoms with Gasteiger partial charge >= 0.3 is 6.03 Å². The number of ether oxygens (including phenoxy) is 3. The molecule has 0 spiro atoms. The number of carbonyl (C=O) groups is 1. The highest BCUT2D eigenvalue weighted by Crippen LogP contribution is 2.32. The predicted molar refractivity (Wildman–Crippen MR) is 155 cm³/mol. The molecule has 216 valence electrons. The second-order valence-electron chi connectivity index (χ2n) is 10.5. The molecule has 0 saturated heterocycles. The number of fused-ring (bicyclic) bond motifs is 1. The van der Waals surface area contributed by atoms with E-state index >= 15 is 0 Å². The van der Waals surface area contributed by atoms with Crippen LogP contribution in [0.25, 0.3) is 0 Å². The van der Waals surface area contributed by atoms with E-state index in [0.29, 0.717) is 19.7 Å². The van der Waals surface area contributed by atoms with E-state index in [1.807, 2.05) is 57.2 Å². The number of carbonyl (C=O) groups excluding carboxylic acids is 1. The summed E-state index contributed by atoms with van der Waals surface area (Å²) >= 11 is 0. The van der Waals surface area contributed by atoms with Crippen LogP contribution in [0.5, 0.6) is 5.75 Å². The number of amides is 2. The third-order valence-corrected chi connectivity index (χ3v) is 6.66. The highest BCUT2D eigenvalue weighted by atomic mass is 16.7. The van der Waals surface area contributed by atoms with Gasteiger partial charge in [0, 0.05) is 51.4 Å². The number of unbranched alkanes of at least 4 members (excludes halogenated alkanes) is 4. The monoisotopic (exact) mass is 541 g/mol. The molecule has 0 fully saturated rings. The Morgan fingerprint density at radius 1 is 1.05 bits per heavy atom. The number of hydrogen-bond donors (Lipinski definition) is 4. The summed E-state index contributed by atoms with van der Waals surface area (Å²) in [6.45, 7) is 9.82. The van der Waals surface area contributed by atoms with Crippen molar-refractivity contribution in [2.45, 2.75) is 84.2 Å². The van der Waals surface area contributed by atoms with E-state index in [9.17, 15) is 9.90 Å². The molecule has 1 heterocycles. The molecule has 2 aromatic carbocycles. The number of benzene rings is 2. The minimum atomic E-state index is -0.608. The van der Waals surface area contributed by atoms with Crippen LogP contribution >= 0.6 is 0 Å². The average Bonchev–Trinajstić information content (AvgIpc) is 2.90. The molecule has 0 aromatic heterocycles. The first-order chi connectivity index (χ1) is 18.9. The van der Waals surface area contributed by atoms with E-state index in [0.717, 1.165) is 87.3 Å². The molecule has 0 bridgehead atoms. The zero-order valence-corrected chi connectivity index (χ0v) is 23.9. The van der Waals surface area contributed by atoms with Gasteiger partial charge in [0.25, 0.3) is 0 Å². The first-order valence-electron chi connectivity index (χ1n) is 14.4. The van der Waals surface area contributed by atoms with Crippen molar-refractivity contribution in [1.29, 1.82) is 0 Å². The summed E-state index contributed by atoms with van der Waals surface area (Å²) in [4.78, 5) is 11.7. The fraction of sp³-hybridized carbons (Fsp3) is 0.581. The van der Waals surface area contributed by atoms with E-state index in [1.54, 1.807) is 0 Å². The molecule has 0 radical (unpaired) electrons. The fourth-order valence-corrected chi connectivity index (χ4v) is 4.50. The summed E-state index contributed by atoms with van der Waals surface area (Å²) in [5.41, 5.74) is 3.91. The van der Waals surface area contributed by atoms with Crippen molar-refractivity contribution in [3.63, 3.8) is 0 Å². The normalized spacial score (nSPS) is 14.8. The van der Waals surface area contributed by atoms with E-state index in [4.69, 9.17) is 14.2 Å². The van der Waals surface area contributed by atoms with Crippen LogP contribution in [0.1, 0.15) is 82.1 Å². The lowest BCUT2D eigenvalue weighted by Gasteiger charge is -2.33. The minimum Gasteiger partial charge on any atom is -0.463 e. The van der Waals surface area contributed by atoms with Crippen LogP contribution < -0.4 is 20.7 Å². The Labute approximate surface area is 233 Å². The summed E-state index contributed by atoms with van der Waals surface area (Å²) in [7, 11) is 0. The molecular formula is C31H47N3O5. The largest absolute Gasteiger partial charge is 0.463 e. The van der Waals surface area contributed by atoms with Crippen LogP contribution in [0.3, 0.4) is 0 Å². The van der Waals surface area contributed by atoms with Gasteiger partial charge in [0.05, 0.1) is 12.7 Å². The quantitative estimate of drug-likeness (QED) is 0.192. The first kappa shape index (κ1) is 30.9. The van der Waals surface area contributed by atoms with Crippen molar-refractivity contribution < 1.29 is 24.1 Å². The Morgan fingerprint density at radius 3 is 2.67 bits per heavy atom. The zero-order valence-electron chi connectivity index (χ0n) is 23.9. The molecule has 8 nitrogen and oxygen atoms in total. The first-order valence-corrected chi connectivity index (χ1v) is 14.4. The maximum atomic E-state index is 11.7. The van der Waals surface area contributed by atoms with Crippen LogP contribution in [-0.2, 0) is 22.5 Å². The standard InChI is InChI=1S/C31H47N3O5/c1-4-33-30(36)34-27-14-11-13-24(20-27)12-7-10-19-37-18-9-6-5-8-17-32-22-28(35)25-15-16-29-26(21-25)23-38-31(2,3)39-29/h11,13-16,20-21,28,32,35H,4-10,12,17-19,22-23H2,1-3H3,(H2,33,34,36)/t28-/m1/s1. The van der Waals surface area contributed by atoms with Gasteiger partial charge in [0.2, 0.25) is 5.79 Å². The minimum absolute atomic E-state index is 0.171. The molecule has 1 aliphatic rings. The zero-order chi connectivity index (χ0) is 27.9. The number of hydrogen-bond acceptors (Lipinski definition) is 6. The molecule has 4 N–H and O–H groups in total. The average molecular weight is 542 g/mol. The van der Waals surface area contributed by atoms with Crippen molar-refractivity contribution in [1.82, 2.24) is 10.6 Å². The number of anilines is 1. The van der Waals surface area contributed by atoms with Gasteiger partial charge in [-0.25, -0.2) is 4.79 Å². The van der Waals surface area contributed by atoms with Crippen molar-refractivity contribution in [3.8, 4) is 5.75 Å². The van der Waals surface area contributed by atoms with Gasteiger partial charge in [0.1, 0.15) is 5.75 Å². The van der Waals surface area contributed by atoms with Crippen molar-refractivity contribution in [2.75, 3.05) is 38.2 Å². The summed E-state index contributed by atoms with van der Waals surface area (Å²) < 4.78 is 17.3. The summed E-state index contributed by atoms with van der Waals surface area (Å²) in [5.74, 6) is 0.220. The Bertz CT molecular complexity index is 1010. The maximum Gasteiger partial charge on any atom is 0.319 e. The molecule has 1 atom stereocenters. The SMILES string of the molecule is CCNC(=O)Nc1cccc(CCCCOCCCCCCNC[C@@H](O)c2ccc3c(c2)COC(C)(C)O3)c1. The summed E-state index contributed by atoms with van der Waals surface area (Å²) in [6, 6.07) is 13.7. The number of urea groups is 1. The topological polar surface area (TPSA) is 101 Å². The van der Waals surface area contributed by atoms with Crippen molar-refractivity contribution >= 4 is 11.7 Å². The molecule has 0 saturated carbocycles. The molecule has 8 heteroatoms. The van der Waals surface area contributed by atoms with Gasteiger partial charge in [-0.1, -0.05) is 31.0 Å². The van der Waals surface area contributed by atoms with Crippen LogP contribution in [0.4, 0.5) is 10.5 Å². The highest BCUT2D eigenvalue weighted by molar-refractivity contribution is 5.89. The lowest BCUT2D eigenvalue weighted by atomic mass is 10.0. The third kappa shape index (κ3) is 11.5. The third-order valence-electron chi connectivity index (χ3n) is 6.66. The van der Waals surface area contributed by atoms with Crippen molar-refractivity contribution in [3.05, 3.63) is 59.2 Å². The Balaban J connectivity index is 1.15. The Kier molecular flexibility index (Phi) is 13.0. The summed E-state index contributed by atoms with van der Waals surface area (Å²) in [6.07, 6.45) is 6.98. The van der Waals surface area contributed by atoms with Gasteiger partial charge in [-0.05, 0) is 81.0 Å². The molecular weight excluding hydrogens is 494 g/mol. The van der Waals surface area contributed by atoms with Crippen LogP contribution in [-0.4, -0.2) is 49.8 Å². The lowest BCUT2D eigenvalue weighted by Crippen LogP contribution is -2.35. The number of rotatable bonds is 17. The van der Waals surface area contributed by atoms with Crippen LogP contribution in [0.2, 0.25) is 0 Å². The van der Waals surface area contributed by atoms with Gasteiger partial charge in [-0.15, -0.1) is 0 Å². The Morgan fingerprint density at radius 2 is 1.85 bits per heavy atom. The molecule has 1 aliphatic heterocycles. The molecule has 39 heavy (non-hydrogen) atoms. The van der Waals surface area contributed by atoms with Gasteiger partial charge < -0.3 is 35.3 Å². The molecule has 0 unspecified atom stereocenters. The number of aryl methyl sites for hydroxylation is 1. The Hall–Kier alpha value is -2.65. The fourth-order valence-electron chi connectivity index (χ4n) is 4.50. The van der Waals surface area contributed by atoms with Crippen molar-refractivity contribution in [2.24, 2.45) is 0 Å².